The van der Waals surface area contributed by atoms with Crippen molar-refractivity contribution in [1.29, 1.82) is 0 Å². The molecule has 2 aromatic rings. The van der Waals surface area contributed by atoms with Gasteiger partial charge in [-0.3, -0.25) is 4.79 Å². The minimum atomic E-state index is -3.99. The molecular formula is C19H23F3N4O3S. The van der Waals surface area contributed by atoms with Crippen LogP contribution in [0, 0.1) is 18.2 Å². The van der Waals surface area contributed by atoms with E-state index < -0.39 is 22.0 Å². The van der Waals surface area contributed by atoms with E-state index in [2.05, 4.69) is 10.4 Å². The lowest BCUT2D eigenvalue weighted by molar-refractivity contribution is -0.132. The first-order valence-electron chi connectivity index (χ1n) is 9.40. The molecule has 0 aliphatic carbocycles. The van der Waals surface area contributed by atoms with Crippen LogP contribution in [0.15, 0.2) is 35.4 Å². The average molecular weight is 444 g/mol. The summed E-state index contributed by atoms with van der Waals surface area (Å²) in [6.07, 6.45) is 1.49. The fourth-order valence-corrected chi connectivity index (χ4v) is 5.03. The molecule has 1 amide bonds. The lowest BCUT2D eigenvalue weighted by Crippen LogP contribution is -2.48. The monoisotopic (exact) mass is 444 g/mol. The number of benzene rings is 1. The van der Waals surface area contributed by atoms with Gasteiger partial charge in [-0.05, 0) is 37.5 Å². The number of hydrogen-bond acceptors (Lipinski definition) is 4. The SMILES string of the molecule is Cc1c(S(=O)(=O)N2CCC(C)(C(=O)NCc3ccc(F)cc3)CC2)cnn1C(F)F. The number of hydrogen-bond donors (Lipinski definition) is 1. The molecule has 0 saturated carbocycles. The van der Waals surface area contributed by atoms with Gasteiger partial charge >= 0.3 is 6.55 Å². The summed E-state index contributed by atoms with van der Waals surface area (Å²) in [5.41, 5.74) is -0.149. The number of amides is 1. The van der Waals surface area contributed by atoms with Crippen molar-refractivity contribution in [2.24, 2.45) is 5.41 Å². The molecule has 0 bridgehead atoms. The highest BCUT2D eigenvalue weighted by Crippen LogP contribution is 2.34. The van der Waals surface area contributed by atoms with Gasteiger partial charge in [0.15, 0.2) is 0 Å². The second-order valence-corrected chi connectivity index (χ2v) is 9.50. The molecule has 1 saturated heterocycles. The van der Waals surface area contributed by atoms with Gasteiger partial charge in [-0.1, -0.05) is 19.1 Å². The molecule has 7 nitrogen and oxygen atoms in total. The molecule has 30 heavy (non-hydrogen) atoms. The Kier molecular flexibility index (Phi) is 6.23. The van der Waals surface area contributed by atoms with Crippen LogP contribution >= 0.6 is 0 Å². The fraction of sp³-hybridized carbons (Fsp3) is 0.474. The number of carbonyl (C=O) groups is 1. The Balaban J connectivity index is 1.64. The van der Waals surface area contributed by atoms with Gasteiger partial charge < -0.3 is 5.32 Å². The molecule has 11 heteroatoms. The Hall–Kier alpha value is -2.40. The van der Waals surface area contributed by atoms with Crippen LogP contribution in [-0.2, 0) is 21.4 Å². The van der Waals surface area contributed by atoms with Crippen LogP contribution in [0.3, 0.4) is 0 Å². The van der Waals surface area contributed by atoms with Crippen LogP contribution in [0.4, 0.5) is 13.2 Å². The highest BCUT2D eigenvalue weighted by Gasteiger charge is 2.41. The van der Waals surface area contributed by atoms with E-state index in [4.69, 9.17) is 0 Å². The molecule has 1 fully saturated rings. The topological polar surface area (TPSA) is 84.3 Å². The van der Waals surface area contributed by atoms with E-state index >= 15 is 0 Å². The maximum absolute atomic E-state index is 13.0. The first-order chi connectivity index (χ1) is 14.0. The molecule has 0 atom stereocenters. The molecule has 1 N–H and O–H groups in total. The summed E-state index contributed by atoms with van der Waals surface area (Å²) in [4.78, 5) is 12.4. The van der Waals surface area contributed by atoms with Crippen LogP contribution in [-0.4, -0.2) is 41.5 Å². The Bertz CT molecular complexity index is 1010. The van der Waals surface area contributed by atoms with Gasteiger partial charge in [0.1, 0.15) is 10.7 Å². The van der Waals surface area contributed by atoms with Gasteiger partial charge in [-0.25, -0.2) is 17.5 Å². The second kappa shape index (κ2) is 8.38. The smallest absolute Gasteiger partial charge is 0.333 e. The summed E-state index contributed by atoms with van der Waals surface area (Å²) in [7, 11) is -3.99. The molecule has 1 aliphatic heterocycles. The predicted octanol–water partition coefficient (Wildman–Crippen LogP) is 2.83. The number of sulfonamides is 1. The summed E-state index contributed by atoms with van der Waals surface area (Å²) >= 11 is 0. The summed E-state index contributed by atoms with van der Waals surface area (Å²) < 4.78 is 66.1. The number of nitrogens with one attached hydrogen (secondary N) is 1. The van der Waals surface area contributed by atoms with Crippen molar-refractivity contribution in [3.05, 3.63) is 47.5 Å². The van der Waals surface area contributed by atoms with Crippen LogP contribution < -0.4 is 5.32 Å². The van der Waals surface area contributed by atoms with Crippen molar-refractivity contribution in [1.82, 2.24) is 19.4 Å². The maximum Gasteiger partial charge on any atom is 0.333 e. The first kappa shape index (κ1) is 22.3. The lowest BCUT2D eigenvalue weighted by atomic mass is 9.80. The first-order valence-corrected chi connectivity index (χ1v) is 10.8. The number of aromatic nitrogens is 2. The van der Waals surface area contributed by atoms with E-state index in [0.717, 1.165) is 11.8 Å². The molecule has 164 valence electrons. The summed E-state index contributed by atoms with van der Waals surface area (Å²) in [5.74, 6) is -0.578. The Morgan fingerprint density at radius 3 is 2.37 bits per heavy atom. The Morgan fingerprint density at radius 2 is 1.83 bits per heavy atom. The normalized spacial score (nSPS) is 17.3. The van der Waals surface area contributed by atoms with Gasteiger partial charge in [-0.15, -0.1) is 0 Å². The largest absolute Gasteiger partial charge is 0.352 e. The van der Waals surface area contributed by atoms with E-state index in [9.17, 15) is 26.4 Å². The van der Waals surface area contributed by atoms with Gasteiger partial charge in [0.2, 0.25) is 15.9 Å². The minimum Gasteiger partial charge on any atom is -0.352 e. The van der Waals surface area contributed by atoms with Gasteiger partial charge in [0, 0.05) is 25.0 Å². The third-order valence-corrected chi connectivity index (χ3v) is 7.54. The predicted molar refractivity (Wildman–Crippen MR) is 103 cm³/mol. The number of halogens is 3. The van der Waals surface area contributed by atoms with Crippen molar-refractivity contribution in [3.8, 4) is 0 Å². The van der Waals surface area contributed by atoms with Crippen LogP contribution in [0.5, 0.6) is 0 Å². The van der Waals surface area contributed by atoms with E-state index in [1.165, 1.54) is 23.4 Å². The number of carbonyl (C=O) groups excluding carboxylic acids is 1. The van der Waals surface area contributed by atoms with E-state index in [1.807, 2.05) is 0 Å². The van der Waals surface area contributed by atoms with Crippen LogP contribution in [0.25, 0.3) is 0 Å². The van der Waals surface area contributed by atoms with E-state index in [0.29, 0.717) is 4.68 Å². The minimum absolute atomic E-state index is 0.0854. The molecule has 3 rings (SSSR count). The Labute approximate surface area is 172 Å². The molecule has 0 unspecified atom stereocenters. The zero-order valence-electron chi connectivity index (χ0n) is 16.6. The highest BCUT2D eigenvalue weighted by atomic mass is 32.2. The van der Waals surface area contributed by atoms with Crippen LogP contribution in [0.1, 0.15) is 37.6 Å². The maximum atomic E-state index is 13.0. The lowest BCUT2D eigenvalue weighted by Gasteiger charge is -2.37. The number of piperidine rings is 1. The molecule has 1 aromatic carbocycles. The second-order valence-electron chi connectivity index (χ2n) is 7.59. The number of nitrogens with zero attached hydrogens (tertiary/aromatic N) is 3. The van der Waals surface area contributed by atoms with E-state index in [1.54, 1.807) is 19.1 Å². The summed E-state index contributed by atoms with van der Waals surface area (Å²) in [6, 6.07) is 5.78. The third kappa shape index (κ3) is 4.36. The van der Waals surface area contributed by atoms with E-state index in [-0.39, 0.29) is 54.8 Å². The summed E-state index contributed by atoms with van der Waals surface area (Å²) in [6.45, 7) is 0.524. The van der Waals surface area contributed by atoms with Gasteiger partial charge in [-0.2, -0.15) is 18.2 Å². The molecule has 1 aliphatic rings. The quantitative estimate of drug-likeness (QED) is 0.743. The fourth-order valence-electron chi connectivity index (χ4n) is 3.44. The third-order valence-electron chi connectivity index (χ3n) is 5.54. The average Bonchev–Trinajstić information content (AvgIpc) is 3.10. The van der Waals surface area contributed by atoms with Gasteiger partial charge in [0.25, 0.3) is 0 Å². The van der Waals surface area contributed by atoms with Crippen molar-refractivity contribution in [2.75, 3.05) is 13.1 Å². The van der Waals surface area contributed by atoms with Gasteiger partial charge in [0.05, 0.1) is 11.9 Å². The van der Waals surface area contributed by atoms with Crippen molar-refractivity contribution >= 4 is 15.9 Å². The molecule has 2 heterocycles. The Morgan fingerprint density at radius 1 is 1.23 bits per heavy atom. The number of rotatable bonds is 6. The van der Waals surface area contributed by atoms with Crippen molar-refractivity contribution in [2.45, 2.75) is 44.7 Å². The number of alkyl halides is 2. The molecule has 1 aromatic heterocycles. The summed E-state index contributed by atoms with van der Waals surface area (Å²) in [5, 5.41) is 6.28. The van der Waals surface area contributed by atoms with Crippen LogP contribution in [0.2, 0.25) is 0 Å². The molecular weight excluding hydrogens is 421 g/mol. The molecule has 0 spiro atoms. The highest BCUT2D eigenvalue weighted by molar-refractivity contribution is 7.89. The van der Waals surface area contributed by atoms with Crippen molar-refractivity contribution in [3.63, 3.8) is 0 Å². The zero-order valence-corrected chi connectivity index (χ0v) is 17.4. The standard InChI is InChI=1S/C19H23F3N4O3S/c1-13-16(12-24-26(13)18(21)22)30(28,29)25-9-7-19(2,8-10-25)17(27)23-11-14-3-5-15(20)6-4-14/h3-6,12,18H,7-11H2,1-2H3,(H,23,27). The zero-order chi connectivity index (χ0) is 22.1. The van der Waals surface area contributed by atoms with Crippen molar-refractivity contribution < 1.29 is 26.4 Å². The molecule has 0 radical (unpaired) electrons.